The number of nitrogens with zero attached hydrogens (tertiary/aromatic N) is 3. The SMILES string of the molecule is CCCC[C@H]1Cc2ccc(F)cc2[C@H]2[C@H]3C(=O)N(c4ccc([N+](=O)[O-])cc4)C(=O)[C@H]3[C@H](C(=O)OC)N12. The number of benzene rings is 2. The summed E-state index contributed by atoms with van der Waals surface area (Å²) in [5.41, 5.74) is 1.53. The number of methoxy groups -OCH3 is 1. The zero-order valence-corrected chi connectivity index (χ0v) is 19.9. The molecule has 2 saturated heterocycles. The van der Waals surface area contributed by atoms with Gasteiger partial charge in [0.05, 0.1) is 29.6 Å². The molecule has 10 heteroatoms. The lowest BCUT2D eigenvalue weighted by Crippen LogP contribution is -2.52. The summed E-state index contributed by atoms with van der Waals surface area (Å²) in [6, 6.07) is 7.86. The van der Waals surface area contributed by atoms with Gasteiger partial charge in [0.15, 0.2) is 0 Å². The van der Waals surface area contributed by atoms with E-state index in [0.29, 0.717) is 12.0 Å². The fraction of sp³-hybridized carbons (Fsp3) is 0.423. The molecule has 2 aromatic rings. The minimum atomic E-state index is -1.01. The van der Waals surface area contributed by atoms with Crippen molar-refractivity contribution >= 4 is 29.2 Å². The van der Waals surface area contributed by atoms with Crippen molar-refractivity contribution in [1.82, 2.24) is 4.90 Å². The number of carbonyl (C=O) groups excluding carboxylic acids is 3. The molecule has 0 aromatic heterocycles. The molecule has 5 atom stereocenters. The van der Waals surface area contributed by atoms with E-state index in [4.69, 9.17) is 4.74 Å². The Hall–Kier alpha value is -3.66. The molecule has 2 amide bonds. The number of ether oxygens (including phenoxy) is 1. The van der Waals surface area contributed by atoms with Crippen molar-refractivity contribution < 1.29 is 28.4 Å². The minimum Gasteiger partial charge on any atom is -0.468 e. The van der Waals surface area contributed by atoms with Crippen LogP contribution in [0.1, 0.15) is 43.4 Å². The van der Waals surface area contributed by atoms with E-state index in [2.05, 4.69) is 6.92 Å². The molecule has 5 rings (SSSR count). The number of hydrogen-bond acceptors (Lipinski definition) is 7. The van der Waals surface area contributed by atoms with Crippen LogP contribution in [0.4, 0.5) is 15.8 Å². The highest BCUT2D eigenvalue weighted by atomic mass is 19.1. The molecular weight excluding hydrogens is 469 g/mol. The zero-order valence-electron chi connectivity index (χ0n) is 19.9. The Kier molecular flexibility index (Phi) is 6.07. The van der Waals surface area contributed by atoms with Crippen LogP contribution in [-0.2, 0) is 25.5 Å². The number of amides is 2. The first-order valence-electron chi connectivity index (χ1n) is 12.0. The van der Waals surface area contributed by atoms with E-state index in [-0.39, 0.29) is 17.4 Å². The molecule has 9 nitrogen and oxygen atoms in total. The van der Waals surface area contributed by atoms with Gasteiger partial charge in [-0.15, -0.1) is 0 Å². The van der Waals surface area contributed by atoms with Crippen LogP contribution in [0, 0.1) is 27.8 Å². The molecule has 0 radical (unpaired) electrons. The predicted molar refractivity (Wildman–Crippen MR) is 126 cm³/mol. The highest BCUT2D eigenvalue weighted by molar-refractivity contribution is 6.23. The number of halogens is 1. The Labute approximate surface area is 207 Å². The van der Waals surface area contributed by atoms with Crippen LogP contribution in [0.3, 0.4) is 0 Å². The number of unbranched alkanes of at least 4 members (excludes halogenated alkanes) is 1. The first-order valence-corrected chi connectivity index (χ1v) is 12.0. The Bertz CT molecular complexity index is 1250. The van der Waals surface area contributed by atoms with Crippen LogP contribution in [0.15, 0.2) is 42.5 Å². The number of nitro benzene ring substituents is 1. The lowest BCUT2D eigenvalue weighted by molar-refractivity contribution is -0.384. The van der Waals surface area contributed by atoms with Gasteiger partial charge in [-0.2, -0.15) is 0 Å². The monoisotopic (exact) mass is 495 g/mol. The van der Waals surface area contributed by atoms with Crippen molar-refractivity contribution in [2.75, 3.05) is 12.0 Å². The summed E-state index contributed by atoms with van der Waals surface area (Å²) in [6.45, 7) is 2.06. The first-order chi connectivity index (χ1) is 17.3. The molecule has 188 valence electrons. The number of fused-ring (bicyclic) bond motifs is 5. The average Bonchev–Trinajstić information content (AvgIpc) is 3.35. The Morgan fingerprint density at radius 2 is 1.83 bits per heavy atom. The highest BCUT2D eigenvalue weighted by Crippen LogP contribution is 2.55. The molecule has 2 fully saturated rings. The van der Waals surface area contributed by atoms with Gasteiger partial charge in [0.2, 0.25) is 11.8 Å². The Balaban J connectivity index is 1.63. The summed E-state index contributed by atoms with van der Waals surface area (Å²) in [6.07, 6.45) is 3.16. The second kappa shape index (κ2) is 9.09. The molecule has 0 saturated carbocycles. The summed E-state index contributed by atoms with van der Waals surface area (Å²) in [4.78, 5) is 54.1. The fourth-order valence-corrected chi connectivity index (χ4v) is 6.17. The van der Waals surface area contributed by atoms with Crippen molar-refractivity contribution in [3.63, 3.8) is 0 Å². The van der Waals surface area contributed by atoms with Gasteiger partial charge in [0.1, 0.15) is 11.9 Å². The smallest absolute Gasteiger partial charge is 0.323 e. The highest BCUT2D eigenvalue weighted by Gasteiger charge is 2.67. The number of nitro groups is 1. The van der Waals surface area contributed by atoms with Crippen LogP contribution >= 0.6 is 0 Å². The Morgan fingerprint density at radius 3 is 2.47 bits per heavy atom. The number of anilines is 1. The second-order valence-corrected chi connectivity index (χ2v) is 9.54. The third kappa shape index (κ3) is 3.59. The van der Waals surface area contributed by atoms with Crippen LogP contribution in [0.2, 0.25) is 0 Å². The zero-order chi connectivity index (χ0) is 25.7. The van der Waals surface area contributed by atoms with Crippen molar-refractivity contribution in [3.05, 3.63) is 69.5 Å². The maximum atomic E-state index is 14.4. The molecule has 3 aliphatic rings. The second-order valence-electron chi connectivity index (χ2n) is 9.54. The van der Waals surface area contributed by atoms with E-state index in [1.54, 1.807) is 6.07 Å². The van der Waals surface area contributed by atoms with E-state index < -0.39 is 52.4 Å². The third-order valence-electron chi connectivity index (χ3n) is 7.68. The summed E-state index contributed by atoms with van der Waals surface area (Å²) in [5, 5.41) is 11.1. The van der Waals surface area contributed by atoms with Gasteiger partial charge < -0.3 is 4.74 Å². The van der Waals surface area contributed by atoms with E-state index >= 15 is 0 Å². The molecule has 3 heterocycles. The molecule has 0 aliphatic carbocycles. The quantitative estimate of drug-likeness (QED) is 0.261. The third-order valence-corrected chi connectivity index (χ3v) is 7.68. The maximum Gasteiger partial charge on any atom is 0.323 e. The van der Waals surface area contributed by atoms with Gasteiger partial charge in [-0.25, -0.2) is 9.29 Å². The van der Waals surface area contributed by atoms with Crippen molar-refractivity contribution in [2.24, 2.45) is 11.8 Å². The summed E-state index contributed by atoms with van der Waals surface area (Å²) < 4.78 is 19.5. The van der Waals surface area contributed by atoms with Crippen molar-refractivity contribution in [1.29, 1.82) is 0 Å². The molecule has 2 aromatic carbocycles. The maximum absolute atomic E-state index is 14.4. The molecule has 0 spiro atoms. The van der Waals surface area contributed by atoms with E-state index in [9.17, 15) is 28.9 Å². The van der Waals surface area contributed by atoms with Gasteiger partial charge >= 0.3 is 5.97 Å². The van der Waals surface area contributed by atoms with Gasteiger partial charge in [0, 0.05) is 24.2 Å². The number of rotatable bonds is 6. The van der Waals surface area contributed by atoms with Crippen LogP contribution in [-0.4, -0.2) is 46.8 Å². The van der Waals surface area contributed by atoms with Gasteiger partial charge in [-0.05, 0) is 48.2 Å². The molecular formula is C26H26FN3O6. The summed E-state index contributed by atoms with van der Waals surface area (Å²) in [7, 11) is 1.25. The number of carbonyl (C=O) groups is 3. The molecule has 3 aliphatic heterocycles. The van der Waals surface area contributed by atoms with Crippen molar-refractivity contribution in [2.45, 2.75) is 50.7 Å². The minimum absolute atomic E-state index is 0.115. The molecule has 0 N–H and O–H groups in total. The van der Waals surface area contributed by atoms with Crippen LogP contribution < -0.4 is 4.90 Å². The molecule has 0 bridgehead atoms. The normalized spacial score (nSPS) is 27.0. The van der Waals surface area contributed by atoms with Crippen LogP contribution in [0.5, 0.6) is 0 Å². The van der Waals surface area contributed by atoms with E-state index in [1.165, 1.54) is 43.5 Å². The van der Waals surface area contributed by atoms with Crippen LogP contribution in [0.25, 0.3) is 0 Å². The predicted octanol–water partition coefficient (Wildman–Crippen LogP) is 3.55. The molecule has 0 unspecified atom stereocenters. The van der Waals surface area contributed by atoms with Crippen molar-refractivity contribution in [3.8, 4) is 0 Å². The average molecular weight is 496 g/mol. The van der Waals surface area contributed by atoms with Gasteiger partial charge in [0.25, 0.3) is 5.69 Å². The molecule has 36 heavy (non-hydrogen) atoms. The number of imide groups is 1. The lowest BCUT2D eigenvalue weighted by Gasteiger charge is -2.43. The topological polar surface area (TPSA) is 110 Å². The number of hydrogen-bond donors (Lipinski definition) is 0. The van der Waals surface area contributed by atoms with E-state index in [1.807, 2.05) is 4.90 Å². The Morgan fingerprint density at radius 1 is 1.14 bits per heavy atom. The van der Waals surface area contributed by atoms with Gasteiger partial charge in [-0.3, -0.25) is 29.4 Å². The largest absolute Gasteiger partial charge is 0.468 e. The van der Waals surface area contributed by atoms with Gasteiger partial charge in [-0.1, -0.05) is 25.8 Å². The summed E-state index contributed by atoms with van der Waals surface area (Å²) in [5.74, 6) is -4.06. The number of esters is 1. The fourth-order valence-electron chi connectivity index (χ4n) is 6.17. The van der Waals surface area contributed by atoms with E-state index in [0.717, 1.165) is 29.7 Å². The lowest BCUT2D eigenvalue weighted by atomic mass is 9.81. The summed E-state index contributed by atoms with van der Waals surface area (Å²) >= 11 is 0. The standard InChI is InChI=1S/C26H26FN3O6/c1-3-4-5-18-12-14-6-7-15(27)13-19(14)22-20-21(23(28(18)22)26(33)36-2)25(32)29(24(20)31)16-8-10-17(11-9-16)30(34)35/h6-11,13,18,20-23H,3-5,12H2,1-2H3/t18-,20-,21+,22-,23+/m0/s1. The first kappa shape index (κ1) is 24.1. The number of non-ortho nitro benzene ring substituents is 1.